The SMILES string of the molecule is CON=C(C(=O)N[C@@H]1C(=O)N2C(C(=O)O)=C(C[N+]3(c4nnco4)C=CC=CC3)CS[C@@H]12)c1csc(N)n1. The monoisotopic (exact) mass is 545 g/mol. The summed E-state index contributed by atoms with van der Waals surface area (Å²) < 4.78 is 5.55. The molecule has 0 aliphatic carbocycles. The Kier molecular flexibility index (Phi) is 6.53. The summed E-state index contributed by atoms with van der Waals surface area (Å²) in [6.07, 6.45) is 8.67. The fourth-order valence-corrected chi connectivity index (χ4v) is 6.22. The molecule has 0 bridgehead atoms. The van der Waals surface area contributed by atoms with Gasteiger partial charge in [0.15, 0.2) is 10.8 Å². The summed E-state index contributed by atoms with van der Waals surface area (Å²) in [5.74, 6) is -2.16. The molecule has 3 atom stereocenters. The van der Waals surface area contributed by atoms with Crippen LogP contribution in [0.5, 0.6) is 0 Å². The van der Waals surface area contributed by atoms with Crippen molar-refractivity contribution in [2.24, 2.45) is 5.16 Å². The third-order valence-electron chi connectivity index (χ3n) is 5.95. The number of fused-ring (bicyclic) bond motifs is 1. The first-order chi connectivity index (χ1) is 17.8. The number of amides is 2. The number of carbonyl (C=O) groups excluding carboxylic acids is 2. The van der Waals surface area contributed by atoms with Gasteiger partial charge >= 0.3 is 12.0 Å². The van der Waals surface area contributed by atoms with Crippen LogP contribution in [0.15, 0.2) is 57.0 Å². The fourth-order valence-electron chi connectivity index (χ4n) is 4.34. The Labute approximate surface area is 217 Å². The number of thiazole rings is 1. The minimum absolute atomic E-state index is 0.0870. The van der Waals surface area contributed by atoms with Crippen molar-refractivity contribution < 1.29 is 28.7 Å². The number of β-lactam (4-membered cyclic amide) rings is 1. The number of thioether (sulfide) groups is 1. The maximum absolute atomic E-state index is 13.1. The van der Waals surface area contributed by atoms with Crippen molar-refractivity contribution >= 4 is 57.7 Å². The highest BCUT2D eigenvalue weighted by Crippen LogP contribution is 2.41. The molecule has 0 radical (unpaired) electrons. The maximum Gasteiger partial charge on any atom is 0.429 e. The van der Waals surface area contributed by atoms with Crippen LogP contribution in [-0.2, 0) is 19.2 Å². The third-order valence-corrected chi connectivity index (χ3v) is 7.96. The number of nitrogen functional groups attached to an aromatic ring is 1. The molecule has 3 aliphatic rings. The number of aromatic nitrogens is 3. The van der Waals surface area contributed by atoms with E-state index in [-0.39, 0.29) is 33.3 Å². The molecule has 14 nitrogen and oxygen atoms in total. The highest BCUT2D eigenvalue weighted by molar-refractivity contribution is 8.00. The largest absolute Gasteiger partial charge is 0.477 e. The molecule has 5 rings (SSSR count). The van der Waals surface area contributed by atoms with E-state index < -0.39 is 29.2 Å². The maximum atomic E-state index is 13.1. The highest BCUT2D eigenvalue weighted by atomic mass is 32.2. The second kappa shape index (κ2) is 9.79. The molecule has 1 saturated heterocycles. The molecule has 0 spiro atoms. The smallest absolute Gasteiger partial charge is 0.429 e. The summed E-state index contributed by atoms with van der Waals surface area (Å²) in [5.41, 5.74) is 6.13. The van der Waals surface area contributed by atoms with Crippen LogP contribution < -0.4 is 15.5 Å². The normalized spacial score (nSPS) is 25.1. The third kappa shape index (κ3) is 4.38. The van der Waals surface area contributed by atoms with Crippen LogP contribution in [0.1, 0.15) is 5.69 Å². The van der Waals surface area contributed by atoms with Crippen molar-refractivity contribution in [3.05, 3.63) is 53.2 Å². The molecule has 192 valence electrons. The van der Waals surface area contributed by atoms with Crippen LogP contribution in [0.4, 0.5) is 11.1 Å². The fraction of sp³-hybridized carbons (Fsp3) is 0.286. The Balaban J connectivity index is 1.39. The van der Waals surface area contributed by atoms with Crippen molar-refractivity contribution in [3.63, 3.8) is 0 Å². The zero-order chi connectivity index (χ0) is 26.2. The summed E-state index contributed by atoms with van der Waals surface area (Å²) in [4.78, 5) is 48.4. The lowest BCUT2D eigenvalue weighted by molar-refractivity contribution is -0.150. The summed E-state index contributed by atoms with van der Waals surface area (Å²) in [5, 5.41) is 25.4. The number of allylic oxidation sites excluding steroid dienone is 2. The topological polar surface area (TPSA) is 186 Å². The number of aliphatic carboxylic acids is 1. The van der Waals surface area contributed by atoms with E-state index >= 15 is 0 Å². The molecule has 5 heterocycles. The Hall–Kier alpha value is -4.02. The number of rotatable bonds is 8. The van der Waals surface area contributed by atoms with E-state index in [0.717, 1.165) is 11.3 Å². The average molecular weight is 546 g/mol. The standard InChI is InChI=1S/C21H20N8O6S2/c1-34-27-13(12-9-37-20(22)24-12)16(30)25-14-17(31)28-15(19(32)33)11(8-36-18(14)28)7-29(5-3-2-4-6-29)21-26-23-10-35-21/h2-5,9-10,14,18H,6-8H2,1H3,(H3-,22,24,25,30,32,33)/p+1/t14-,18+,29?/m1/s1. The van der Waals surface area contributed by atoms with Crippen molar-refractivity contribution in [1.82, 2.24) is 29.9 Å². The number of hydrogen-bond donors (Lipinski definition) is 3. The van der Waals surface area contributed by atoms with Gasteiger partial charge < -0.3 is 25.4 Å². The Morgan fingerprint density at radius 3 is 2.89 bits per heavy atom. The summed E-state index contributed by atoms with van der Waals surface area (Å²) in [6.45, 7) is 0.680. The van der Waals surface area contributed by atoms with Crippen LogP contribution in [0, 0.1) is 0 Å². The van der Waals surface area contributed by atoms with Gasteiger partial charge in [-0.05, 0) is 12.2 Å². The van der Waals surface area contributed by atoms with Gasteiger partial charge in [-0.25, -0.2) is 14.3 Å². The second-order valence-electron chi connectivity index (χ2n) is 8.18. The van der Waals surface area contributed by atoms with E-state index in [0.29, 0.717) is 23.9 Å². The lowest BCUT2D eigenvalue weighted by Crippen LogP contribution is -2.71. The molecule has 4 N–H and O–H groups in total. The number of nitrogens with one attached hydrogen (secondary N) is 1. The van der Waals surface area contributed by atoms with Gasteiger partial charge in [-0.3, -0.25) is 14.5 Å². The molecule has 3 aliphatic heterocycles. The molecule has 0 saturated carbocycles. The molecule has 0 aromatic carbocycles. The quantitative estimate of drug-likeness (QED) is 0.179. The van der Waals surface area contributed by atoms with E-state index in [2.05, 4.69) is 25.7 Å². The van der Waals surface area contributed by atoms with Gasteiger partial charge in [0.2, 0.25) is 6.39 Å². The zero-order valence-electron chi connectivity index (χ0n) is 19.3. The van der Waals surface area contributed by atoms with Gasteiger partial charge in [0, 0.05) is 16.7 Å². The summed E-state index contributed by atoms with van der Waals surface area (Å²) in [7, 11) is 1.28. The molecular formula is C21H21N8O6S2+. The van der Waals surface area contributed by atoms with Crippen LogP contribution in [0.25, 0.3) is 0 Å². The van der Waals surface area contributed by atoms with Crippen molar-refractivity contribution in [2.75, 3.05) is 31.7 Å². The Morgan fingerprint density at radius 1 is 1.43 bits per heavy atom. The Bertz CT molecular complexity index is 1370. The predicted octanol–water partition coefficient (Wildman–Crippen LogP) is 0.288. The molecule has 2 aromatic rings. The number of anilines is 1. The van der Waals surface area contributed by atoms with Gasteiger partial charge in [-0.2, -0.15) is 0 Å². The van der Waals surface area contributed by atoms with Crippen molar-refractivity contribution in [2.45, 2.75) is 11.4 Å². The molecule has 1 unspecified atom stereocenters. The number of nitrogens with two attached hydrogens (primary N) is 1. The van der Waals surface area contributed by atoms with Gasteiger partial charge in [-0.1, -0.05) is 16.3 Å². The molecule has 2 amide bonds. The lowest BCUT2D eigenvalue weighted by Gasteiger charge is -2.49. The van der Waals surface area contributed by atoms with E-state index in [1.807, 2.05) is 24.4 Å². The summed E-state index contributed by atoms with van der Waals surface area (Å²) >= 11 is 2.48. The van der Waals surface area contributed by atoms with Crippen molar-refractivity contribution in [3.8, 4) is 0 Å². The van der Waals surface area contributed by atoms with Crippen LogP contribution in [-0.4, -0.2) is 86.1 Å². The van der Waals surface area contributed by atoms with Crippen LogP contribution in [0.2, 0.25) is 0 Å². The first kappa shape index (κ1) is 24.7. The lowest BCUT2D eigenvalue weighted by atomic mass is 10.0. The number of quaternary nitrogens is 1. The van der Waals surface area contributed by atoms with Crippen LogP contribution in [0.3, 0.4) is 0 Å². The van der Waals surface area contributed by atoms with E-state index in [1.54, 1.807) is 5.38 Å². The van der Waals surface area contributed by atoms with Gasteiger partial charge in [0.25, 0.3) is 11.8 Å². The van der Waals surface area contributed by atoms with Gasteiger partial charge in [0.05, 0.1) is 0 Å². The average Bonchev–Trinajstić information content (AvgIpc) is 3.58. The van der Waals surface area contributed by atoms with E-state index in [4.69, 9.17) is 15.0 Å². The summed E-state index contributed by atoms with van der Waals surface area (Å²) in [6, 6.07) is -0.652. The number of carboxylic acids is 1. The Morgan fingerprint density at radius 2 is 2.27 bits per heavy atom. The number of nitrogens with zero attached hydrogens (tertiary/aromatic N) is 6. The zero-order valence-corrected chi connectivity index (χ0v) is 20.9. The first-order valence-electron chi connectivity index (χ1n) is 10.9. The predicted molar refractivity (Wildman–Crippen MR) is 134 cm³/mol. The van der Waals surface area contributed by atoms with Crippen LogP contribution >= 0.6 is 23.1 Å². The molecule has 1 fully saturated rings. The molecule has 37 heavy (non-hydrogen) atoms. The van der Waals surface area contributed by atoms with Gasteiger partial charge in [-0.15, -0.1) is 28.2 Å². The first-order valence-corrected chi connectivity index (χ1v) is 12.8. The van der Waals surface area contributed by atoms with Crippen molar-refractivity contribution in [1.29, 1.82) is 0 Å². The minimum atomic E-state index is -1.24. The number of carboxylic acid groups (broad SMARTS) is 1. The van der Waals surface area contributed by atoms with E-state index in [1.165, 1.54) is 30.2 Å². The second-order valence-corrected chi connectivity index (χ2v) is 10.2. The van der Waals surface area contributed by atoms with E-state index in [9.17, 15) is 19.5 Å². The number of carbonyl (C=O) groups is 3. The molecular weight excluding hydrogens is 524 g/mol. The molecule has 2 aromatic heterocycles. The molecule has 16 heteroatoms. The highest BCUT2D eigenvalue weighted by Gasteiger charge is 2.55. The minimum Gasteiger partial charge on any atom is -0.477 e. The number of oxime groups is 1. The van der Waals surface area contributed by atoms with Gasteiger partial charge in [0.1, 0.15) is 49.2 Å². The number of hydrogen-bond acceptors (Lipinski definition) is 12.